The average molecular weight is 678 g/mol. The highest BCUT2D eigenvalue weighted by atomic mass is 15.7. The molecule has 0 amide bonds. The van der Waals surface area contributed by atoms with Crippen LogP contribution in [0.4, 0.5) is 0 Å². The SMILES string of the molecule is CC1CC(C)C2C3C1N1NC(C)C4C5C6CCCCC6N6C7CCCC8C7B7C(C56)C(C41)N3C1C7C3C(C4CCCCC4N83)C3C(C)NN2C31. The first-order valence-corrected chi connectivity index (χ1v) is 23.0. The van der Waals surface area contributed by atoms with E-state index in [9.17, 15) is 0 Å². The summed E-state index contributed by atoms with van der Waals surface area (Å²) in [6, 6.07) is 11.7. The second kappa shape index (κ2) is 9.24. The minimum atomic E-state index is 0.635. The molecule has 8 heteroatoms. The number of piperazine rings is 2. The maximum absolute atomic E-state index is 4.46. The summed E-state index contributed by atoms with van der Waals surface area (Å²) in [7, 11) is 0. The molecule has 6 saturated carbocycles. The van der Waals surface area contributed by atoms with Crippen molar-refractivity contribution in [3.05, 3.63) is 0 Å². The zero-order valence-electron chi connectivity index (χ0n) is 31.3. The number of fused-ring (bicyclic) bond motifs is 12. The first kappa shape index (κ1) is 29.1. The van der Waals surface area contributed by atoms with Crippen molar-refractivity contribution in [1.29, 1.82) is 0 Å². The average Bonchev–Trinajstić information content (AvgIpc) is 3.85. The van der Waals surface area contributed by atoms with Crippen molar-refractivity contribution in [3.8, 4) is 0 Å². The van der Waals surface area contributed by atoms with Crippen molar-refractivity contribution in [2.75, 3.05) is 0 Å². The Morgan fingerprint density at radius 2 is 0.900 bits per heavy atom. The molecule has 24 atom stereocenters. The van der Waals surface area contributed by atoms with E-state index in [4.69, 9.17) is 0 Å². The highest BCUT2D eigenvalue weighted by Crippen LogP contribution is 2.76. The maximum atomic E-state index is 4.46. The molecule has 15 aliphatic rings. The van der Waals surface area contributed by atoms with Gasteiger partial charge in [0.25, 0.3) is 0 Å². The van der Waals surface area contributed by atoms with Crippen molar-refractivity contribution in [3.63, 3.8) is 0 Å². The lowest BCUT2D eigenvalue weighted by Gasteiger charge is -2.79. The number of nitrogens with one attached hydrogen (secondary N) is 2. The highest BCUT2D eigenvalue weighted by Gasteiger charge is 2.84. The third-order valence-electron chi connectivity index (χ3n) is 21.5. The van der Waals surface area contributed by atoms with Gasteiger partial charge in [-0.15, -0.1) is 0 Å². The van der Waals surface area contributed by atoms with Gasteiger partial charge < -0.3 is 0 Å². The van der Waals surface area contributed by atoms with Crippen molar-refractivity contribution >= 4 is 6.71 Å². The van der Waals surface area contributed by atoms with E-state index in [1.54, 1.807) is 12.8 Å². The molecule has 15 fully saturated rings. The molecule has 9 aliphatic heterocycles. The molecule has 0 bridgehead atoms. The van der Waals surface area contributed by atoms with Crippen molar-refractivity contribution in [1.82, 2.24) is 35.6 Å². The summed E-state index contributed by atoms with van der Waals surface area (Å²) < 4.78 is 0. The first-order valence-electron chi connectivity index (χ1n) is 23.0. The zero-order valence-corrected chi connectivity index (χ0v) is 31.3. The molecule has 9 saturated heterocycles. The second-order valence-corrected chi connectivity index (χ2v) is 22.3. The number of nitrogens with zero attached hydrogens (tertiary/aromatic N) is 5. The maximum Gasteiger partial charge on any atom is 0.161 e. The largest absolute Gasteiger partial charge is 0.295 e. The Labute approximate surface area is 301 Å². The van der Waals surface area contributed by atoms with Crippen LogP contribution < -0.4 is 10.9 Å². The van der Waals surface area contributed by atoms with Crippen molar-refractivity contribution in [2.24, 2.45) is 47.3 Å². The summed E-state index contributed by atoms with van der Waals surface area (Å²) >= 11 is 0. The van der Waals surface area contributed by atoms with Crippen LogP contribution in [0.2, 0.25) is 17.5 Å². The normalized spacial score (nSPS) is 69.2. The molecular formula is C42H64BN7. The second-order valence-electron chi connectivity index (χ2n) is 22.3. The van der Waals surface area contributed by atoms with Gasteiger partial charge in [0.05, 0.1) is 0 Å². The van der Waals surface area contributed by atoms with Gasteiger partial charge >= 0.3 is 0 Å². The summed E-state index contributed by atoms with van der Waals surface area (Å²) in [6.45, 7) is 11.7. The van der Waals surface area contributed by atoms with Crippen LogP contribution in [-0.2, 0) is 0 Å². The fraction of sp³-hybridized carbons (Fsp3) is 1.00. The fourth-order valence-electron chi connectivity index (χ4n) is 21.6. The molecule has 15 rings (SSSR count). The van der Waals surface area contributed by atoms with E-state index in [0.29, 0.717) is 30.2 Å². The molecule has 7 nitrogen and oxygen atoms in total. The number of hydrazine groups is 2. The Morgan fingerprint density at radius 1 is 0.420 bits per heavy atom. The molecule has 50 heavy (non-hydrogen) atoms. The molecule has 0 aromatic carbocycles. The van der Waals surface area contributed by atoms with Crippen LogP contribution in [0.1, 0.15) is 105 Å². The molecule has 6 aliphatic carbocycles. The molecular weight excluding hydrogens is 613 g/mol. The number of hydrogen-bond acceptors (Lipinski definition) is 7. The Morgan fingerprint density at radius 3 is 1.42 bits per heavy atom. The van der Waals surface area contributed by atoms with Gasteiger partial charge in [0, 0.05) is 90.6 Å². The summed E-state index contributed by atoms with van der Waals surface area (Å²) in [4.78, 5) is 10.5. The quantitative estimate of drug-likeness (QED) is 0.366. The smallest absolute Gasteiger partial charge is 0.161 e. The first-order chi connectivity index (χ1) is 24.5. The standard InChI is InChI=1S/C42H64BN7/c1-17-16-18(2)35-42-34(17)49-38-27(19(3)44-49)29-21-10-5-7-12-23(21)46-25-14-9-15-26-31(25)43-32(36(29)46)40(38)48(42)41-33(43)37-30(28-20(4)45-50(35)39(28)41)22-11-6-8-13-24(22)47(26)37/h17-42,44-45H,5-16H2,1-4H3. The van der Waals surface area contributed by atoms with E-state index in [1.165, 1.54) is 64.2 Å². The summed E-state index contributed by atoms with van der Waals surface area (Å²) in [5.74, 6) is 9.82. The molecule has 24 unspecified atom stereocenters. The lowest BCUT2D eigenvalue weighted by Crippen LogP contribution is -2.92. The summed E-state index contributed by atoms with van der Waals surface area (Å²) in [6.07, 6.45) is 18.1. The van der Waals surface area contributed by atoms with Gasteiger partial charge in [-0.3, -0.25) is 25.6 Å². The van der Waals surface area contributed by atoms with E-state index in [1.807, 2.05) is 0 Å². The lowest BCUT2D eigenvalue weighted by molar-refractivity contribution is -0.239. The predicted octanol–water partition coefficient (Wildman–Crippen LogP) is 4.53. The monoisotopic (exact) mass is 678 g/mol. The van der Waals surface area contributed by atoms with Crippen LogP contribution in [0.15, 0.2) is 0 Å². The molecule has 0 spiro atoms. The van der Waals surface area contributed by atoms with E-state index in [2.05, 4.69) is 63.3 Å². The minimum absolute atomic E-state index is 0.635. The lowest BCUT2D eigenvalue weighted by atomic mass is 9.15. The van der Waals surface area contributed by atoms with E-state index >= 15 is 0 Å². The van der Waals surface area contributed by atoms with Gasteiger partial charge in [0.1, 0.15) is 0 Å². The Balaban J connectivity index is 1.03. The molecule has 9 heterocycles. The van der Waals surface area contributed by atoms with Gasteiger partial charge in [-0.25, -0.2) is 10.0 Å². The molecule has 0 aromatic rings. The summed E-state index contributed by atoms with van der Waals surface area (Å²) in [5.41, 5.74) is 8.92. The van der Waals surface area contributed by atoms with E-state index < -0.39 is 0 Å². The van der Waals surface area contributed by atoms with Crippen LogP contribution in [0, 0.1) is 47.3 Å². The van der Waals surface area contributed by atoms with Gasteiger partial charge in [-0.2, -0.15) is 0 Å². The van der Waals surface area contributed by atoms with E-state index in [-0.39, 0.29) is 0 Å². The van der Waals surface area contributed by atoms with E-state index in [0.717, 1.165) is 132 Å². The molecule has 270 valence electrons. The predicted molar refractivity (Wildman–Crippen MR) is 195 cm³/mol. The van der Waals surface area contributed by atoms with Crippen molar-refractivity contribution < 1.29 is 0 Å². The molecule has 0 aromatic heterocycles. The Hall–Kier alpha value is -0.215. The van der Waals surface area contributed by atoms with Gasteiger partial charge in [-0.1, -0.05) is 46.0 Å². The zero-order chi connectivity index (χ0) is 32.4. The van der Waals surface area contributed by atoms with Gasteiger partial charge in [-0.05, 0) is 124 Å². The summed E-state index contributed by atoms with van der Waals surface area (Å²) in [5, 5.41) is 6.21. The Bertz CT molecular complexity index is 1420. The fourth-order valence-corrected chi connectivity index (χ4v) is 21.6. The van der Waals surface area contributed by atoms with Crippen LogP contribution in [0.5, 0.6) is 0 Å². The van der Waals surface area contributed by atoms with Gasteiger partial charge in [0.15, 0.2) is 6.71 Å². The van der Waals surface area contributed by atoms with Crippen molar-refractivity contribution in [2.45, 2.75) is 213 Å². The van der Waals surface area contributed by atoms with Crippen LogP contribution in [-0.4, -0.2) is 122 Å². The van der Waals surface area contributed by atoms with Crippen LogP contribution in [0.25, 0.3) is 0 Å². The molecule has 0 radical (unpaired) electrons. The molecule has 2 N–H and O–H groups in total. The third-order valence-corrected chi connectivity index (χ3v) is 21.5. The van der Waals surface area contributed by atoms with Crippen LogP contribution >= 0.6 is 0 Å². The third kappa shape index (κ3) is 2.84. The highest BCUT2D eigenvalue weighted by molar-refractivity contribution is 6.66. The topological polar surface area (TPSA) is 40.3 Å². The number of hydrogen-bond donors (Lipinski definition) is 2. The Kier molecular flexibility index (Phi) is 5.38. The van der Waals surface area contributed by atoms with Crippen LogP contribution in [0.3, 0.4) is 0 Å². The van der Waals surface area contributed by atoms with Gasteiger partial charge in [0.2, 0.25) is 0 Å². The number of rotatable bonds is 0. The minimum Gasteiger partial charge on any atom is -0.295 e.